The first-order chi connectivity index (χ1) is 14.7. The summed E-state index contributed by atoms with van der Waals surface area (Å²) in [5.74, 6) is 0. The smallest absolute Gasteiger partial charge is 0.312 e. The number of hydrogen-bond donors (Lipinski definition) is 2. The van der Waals surface area contributed by atoms with Crippen molar-refractivity contribution < 1.29 is 9.63 Å². The van der Waals surface area contributed by atoms with E-state index in [9.17, 15) is 4.79 Å². The number of fused-ring (bicyclic) bond motifs is 1. The van der Waals surface area contributed by atoms with E-state index in [2.05, 4.69) is 81.4 Å². The molecule has 168 valence electrons. The van der Waals surface area contributed by atoms with Gasteiger partial charge in [-0.25, -0.2) is 4.79 Å². The molecule has 2 amide bonds. The average molecular weight is 424 g/mol. The SMILES string of the molecule is CCC1(CC)CC(NC(N)=O)CC(C)(C)N1OC(C)c1ccccc1.c1cc2ccc1-2. The maximum absolute atomic E-state index is 11.4. The highest BCUT2D eigenvalue weighted by molar-refractivity contribution is 5.75. The fraction of sp³-hybridized carbons (Fsp3) is 0.500. The van der Waals surface area contributed by atoms with E-state index in [1.54, 1.807) is 0 Å². The molecular formula is C26H37N3O2. The Balaban J connectivity index is 0.000000381. The molecule has 3 N–H and O–H groups in total. The molecule has 5 nitrogen and oxygen atoms in total. The van der Waals surface area contributed by atoms with Crippen molar-refractivity contribution in [1.82, 2.24) is 10.4 Å². The van der Waals surface area contributed by atoms with E-state index in [0.717, 1.165) is 31.2 Å². The molecule has 0 spiro atoms. The topological polar surface area (TPSA) is 67.6 Å². The Kier molecular flexibility index (Phi) is 7.07. The van der Waals surface area contributed by atoms with E-state index in [1.807, 2.05) is 18.2 Å². The zero-order valence-electron chi connectivity index (χ0n) is 19.5. The van der Waals surface area contributed by atoms with Gasteiger partial charge in [0.05, 0.1) is 0 Å². The number of hydrogen-bond acceptors (Lipinski definition) is 3. The van der Waals surface area contributed by atoms with Crippen LogP contribution in [-0.4, -0.2) is 28.2 Å². The molecule has 2 aliphatic carbocycles. The van der Waals surface area contributed by atoms with E-state index in [4.69, 9.17) is 10.6 Å². The molecule has 0 radical (unpaired) electrons. The third-order valence-electron chi connectivity index (χ3n) is 6.77. The fourth-order valence-corrected chi connectivity index (χ4v) is 4.93. The van der Waals surface area contributed by atoms with Crippen LogP contribution in [0.4, 0.5) is 4.79 Å². The molecule has 0 bridgehead atoms. The Hall–Kier alpha value is -2.37. The van der Waals surface area contributed by atoms with Crippen LogP contribution in [0.25, 0.3) is 11.1 Å². The number of rotatable bonds is 6. The molecule has 0 saturated carbocycles. The summed E-state index contributed by atoms with van der Waals surface area (Å²) in [4.78, 5) is 17.9. The maximum atomic E-state index is 11.4. The highest BCUT2D eigenvalue weighted by Crippen LogP contribution is 2.44. The normalized spacial score (nSPS) is 21.4. The van der Waals surface area contributed by atoms with Crippen LogP contribution >= 0.6 is 0 Å². The Morgan fingerprint density at radius 3 is 2.03 bits per heavy atom. The molecule has 5 heteroatoms. The predicted molar refractivity (Wildman–Crippen MR) is 126 cm³/mol. The first-order valence-electron chi connectivity index (χ1n) is 11.4. The van der Waals surface area contributed by atoms with Crippen molar-refractivity contribution in [2.75, 3.05) is 0 Å². The lowest BCUT2D eigenvalue weighted by Crippen LogP contribution is -2.66. The minimum absolute atomic E-state index is 0.0291. The molecule has 2 atom stereocenters. The van der Waals surface area contributed by atoms with Gasteiger partial charge in [0.15, 0.2) is 0 Å². The molecule has 3 aliphatic rings. The first-order valence-corrected chi connectivity index (χ1v) is 11.4. The van der Waals surface area contributed by atoms with Crippen LogP contribution in [0.5, 0.6) is 0 Å². The molecule has 1 heterocycles. The second kappa shape index (κ2) is 9.41. The van der Waals surface area contributed by atoms with Gasteiger partial charge in [-0.3, -0.25) is 4.84 Å². The summed E-state index contributed by atoms with van der Waals surface area (Å²) in [7, 11) is 0. The Bertz CT molecular complexity index is 839. The van der Waals surface area contributed by atoms with Gasteiger partial charge in [-0.2, -0.15) is 5.06 Å². The molecule has 1 aromatic rings. The minimum Gasteiger partial charge on any atom is -0.352 e. The van der Waals surface area contributed by atoms with Crippen molar-refractivity contribution in [2.24, 2.45) is 5.73 Å². The van der Waals surface area contributed by atoms with E-state index in [-0.39, 0.29) is 23.2 Å². The van der Waals surface area contributed by atoms with Gasteiger partial charge >= 0.3 is 6.03 Å². The standard InChI is InChI=1S/C20H33N3O2.C6H4/c1-6-20(7-2)14-17(22-18(21)24)13-19(4,5)23(20)25-15(3)16-11-9-8-10-12-16;1-2-6-4-3-5(1)6/h8-12,15,17H,6-7,13-14H2,1-5H3,(H3,21,22,24);1-4H. The number of benzene rings is 2. The number of hydroxylamine groups is 2. The zero-order chi connectivity index (χ0) is 22.6. The third-order valence-corrected chi connectivity index (χ3v) is 6.77. The summed E-state index contributed by atoms with van der Waals surface area (Å²) in [6, 6.07) is 18.4. The first kappa shape index (κ1) is 23.3. The van der Waals surface area contributed by atoms with Gasteiger partial charge < -0.3 is 11.1 Å². The molecule has 1 aromatic carbocycles. The van der Waals surface area contributed by atoms with Crippen molar-refractivity contribution in [3.05, 3.63) is 60.2 Å². The quantitative estimate of drug-likeness (QED) is 0.525. The number of primary amides is 1. The van der Waals surface area contributed by atoms with E-state index >= 15 is 0 Å². The van der Waals surface area contributed by atoms with Gasteiger partial charge in [-0.15, -0.1) is 0 Å². The van der Waals surface area contributed by atoms with Crippen LogP contribution in [-0.2, 0) is 4.84 Å². The Morgan fingerprint density at radius 1 is 1.06 bits per heavy atom. The molecule has 2 unspecified atom stereocenters. The van der Waals surface area contributed by atoms with Gasteiger partial charge in [0, 0.05) is 17.1 Å². The number of nitrogens with two attached hydrogens (primary N) is 1. The summed E-state index contributed by atoms with van der Waals surface area (Å²) >= 11 is 0. The largest absolute Gasteiger partial charge is 0.352 e. The van der Waals surface area contributed by atoms with Gasteiger partial charge in [-0.05, 0) is 63.1 Å². The predicted octanol–water partition coefficient (Wildman–Crippen LogP) is 5.82. The van der Waals surface area contributed by atoms with Crippen molar-refractivity contribution in [2.45, 2.75) is 83.5 Å². The van der Waals surface area contributed by atoms with Crippen molar-refractivity contribution in [1.29, 1.82) is 0 Å². The van der Waals surface area contributed by atoms with Crippen molar-refractivity contribution in [3.8, 4) is 11.1 Å². The number of urea groups is 1. The number of nitrogens with zero attached hydrogens (tertiary/aromatic N) is 1. The number of carbonyl (C=O) groups excluding carboxylic acids is 1. The molecule has 1 saturated heterocycles. The van der Waals surface area contributed by atoms with Gasteiger partial charge in [0.1, 0.15) is 6.10 Å². The lowest BCUT2D eigenvalue weighted by Gasteiger charge is -2.57. The summed E-state index contributed by atoms with van der Waals surface area (Å²) in [5, 5.41) is 5.13. The van der Waals surface area contributed by atoms with E-state index in [0.29, 0.717) is 0 Å². The van der Waals surface area contributed by atoms with Crippen LogP contribution in [0.1, 0.15) is 72.0 Å². The second-order valence-electron chi connectivity index (χ2n) is 9.39. The number of carbonyl (C=O) groups is 1. The molecule has 1 aliphatic heterocycles. The number of nitrogens with one attached hydrogen (secondary N) is 1. The Labute approximate surface area is 186 Å². The highest BCUT2D eigenvalue weighted by Gasteiger charge is 2.50. The number of amides is 2. The summed E-state index contributed by atoms with van der Waals surface area (Å²) in [6.07, 6.45) is 3.52. The van der Waals surface area contributed by atoms with Crippen LogP contribution in [0.2, 0.25) is 0 Å². The van der Waals surface area contributed by atoms with Crippen molar-refractivity contribution in [3.63, 3.8) is 0 Å². The van der Waals surface area contributed by atoms with Gasteiger partial charge in [-0.1, -0.05) is 68.4 Å². The van der Waals surface area contributed by atoms with E-state index < -0.39 is 6.03 Å². The molecule has 1 fully saturated rings. The van der Waals surface area contributed by atoms with Gasteiger partial charge in [0.2, 0.25) is 0 Å². The zero-order valence-corrected chi connectivity index (χ0v) is 19.5. The fourth-order valence-electron chi connectivity index (χ4n) is 4.93. The maximum Gasteiger partial charge on any atom is 0.312 e. The van der Waals surface area contributed by atoms with E-state index in [1.165, 1.54) is 11.1 Å². The summed E-state index contributed by atoms with van der Waals surface area (Å²) < 4.78 is 0. The van der Waals surface area contributed by atoms with Gasteiger partial charge in [0.25, 0.3) is 0 Å². The highest BCUT2D eigenvalue weighted by atomic mass is 16.7. The molecule has 31 heavy (non-hydrogen) atoms. The minimum atomic E-state index is -0.450. The van der Waals surface area contributed by atoms with Crippen LogP contribution in [0.3, 0.4) is 0 Å². The average Bonchev–Trinajstić information content (AvgIpc) is 2.72. The lowest BCUT2D eigenvalue weighted by atomic mass is 9.74. The molecular weight excluding hydrogens is 386 g/mol. The second-order valence-corrected chi connectivity index (χ2v) is 9.39. The Morgan fingerprint density at radius 2 is 1.61 bits per heavy atom. The monoisotopic (exact) mass is 423 g/mol. The van der Waals surface area contributed by atoms with Crippen LogP contribution in [0, 0.1) is 0 Å². The van der Waals surface area contributed by atoms with Crippen LogP contribution in [0.15, 0.2) is 54.6 Å². The lowest BCUT2D eigenvalue weighted by molar-refractivity contribution is -0.316. The molecule has 4 rings (SSSR count). The summed E-state index contributed by atoms with van der Waals surface area (Å²) in [5.41, 5.74) is 9.06. The number of piperidine rings is 1. The van der Waals surface area contributed by atoms with Crippen molar-refractivity contribution >= 4 is 6.03 Å². The summed E-state index contributed by atoms with van der Waals surface area (Å²) in [6.45, 7) is 10.8. The van der Waals surface area contributed by atoms with Crippen LogP contribution < -0.4 is 11.1 Å². The third kappa shape index (κ3) is 5.10. The molecule has 0 aromatic heterocycles.